The molecule has 18 heavy (non-hydrogen) atoms. The predicted octanol–water partition coefficient (Wildman–Crippen LogP) is 3.22. The topological polar surface area (TPSA) is 38.7 Å². The number of aromatic hydroxyl groups is 1. The van der Waals surface area contributed by atoms with Gasteiger partial charge in [-0.25, -0.2) is 4.39 Å². The molecule has 3 nitrogen and oxygen atoms in total. The highest BCUT2D eigenvalue weighted by Gasteiger charge is 2.09. The minimum absolute atomic E-state index is 0.120. The van der Waals surface area contributed by atoms with E-state index >= 15 is 0 Å². The number of hydrogen-bond donors (Lipinski definition) is 1. The fraction of sp³-hybridized carbons (Fsp3) is 0.143. The molecule has 0 heterocycles. The van der Waals surface area contributed by atoms with E-state index in [0.717, 1.165) is 6.07 Å². The van der Waals surface area contributed by atoms with Gasteiger partial charge in [-0.2, -0.15) is 0 Å². The molecule has 0 amide bonds. The summed E-state index contributed by atoms with van der Waals surface area (Å²) in [5.41, 5.74) is 1.22. The second-order valence-electron chi connectivity index (χ2n) is 3.76. The zero-order valence-corrected chi connectivity index (χ0v) is 10.1. The number of phenolic OH excluding ortho intramolecular Hbond substituents is 1. The average Bonchev–Trinajstić information content (AvgIpc) is 2.38. The zero-order valence-electron chi connectivity index (χ0n) is 10.1. The highest BCUT2D eigenvalue weighted by atomic mass is 19.1. The first-order valence-corrected chi connectivity index (χ1v) is 5.36. The molecule has 0 saturated heterocycles. The van der Waals surface area contributed by atoms with Crippen molar-refractivity contribution >= 4 is 0 Å². The van der Waals surface area contributed by atoms with Gasteiger partial charge in [0.05, 0.1) is 14.2 Å². The van der Waals surface area contributed by atoms with E-state index in [1.165, 1.54) is 12.1 Å². The predicted molar refractivity (Wildman–Crippen MR) is 66.6 cm³/mol. The van der Waals surface area contributed by atoms with Crippen molar-refractivity contribution in [2.45, 2.75) is 0 Å². The highest BCUT2D eigenvalue weighted by molar-refractivity contribution is 5.72. The SMILES string of the molecule is COc1cc(OC)cc(-c2ccc(F)cc2O)c1. The maximum atomic E-state index is 12.9. The molecule has 1 N–H and O–H groups in total. The van der Waals surface area contributed by atoms with Crippen molar-refractivity contribution < 1.29 is 19.0 Å². The molecular formula is C14H13FO3. The lowest BCUT2D eigenvalue weighted by Gasteiger charge is -2.10. The molecule has 0 aromatic heterocycles. The van der Waals surface area contributed by atoms with Gasteiger partial charge in [-0.15, -0.1) is 0 Å². The Hall–Kier alpha value is -2.23. The molecule has 0 aliphatic heterocycles. The summed E-state index contributed by atoms with van der Waals surface area (Å²) in [4.78, 5) is 0. The van der Waals surface area contributed by atoms with Crippen LogP contribution in [0.4, 0.5) is 4.39 Å². The molecule has 0 bridgehead atoms. The van der Waals surface area contributed by atoms with Crippen LogP contribution in [-0.2, 0) is 0 Å². The van der Waals surface area contributed by atoms with E-state index in [4.69, 9.17) is 9.47 Å². The summed E-state index contributed by atoms with van der Waals surface area (Å²) < 4.78 is 23.2. The van der Waals surface area contributed by atoms with Crippen LogP contribution in [0.25, 0.3) is 11.1 Å². The summed E-state index contributed by atoms with van der Waals surface area (Å²) in [6, 6.07) is 9.09. The standard InChI is InChI=1S/C14H13FO3/c1-17-11-5-9(6-12(8-11)18-2)13-4-3-10(15)7-14(13)16/h3-8,16H,1-2H3. The Bertz CT molecular complexity index is 545. The Balaban J connectivity index is 2.55. The normalized spacial score (nSPS) is 10.2. The van der Waals surface area contributed by atoms with Crippen LogP contribution >= 0.6 is 0 Å². The number of halogens is 1. The Morgan fingerprint density at radius 2 is 1.56 bits per heavy atom. The monoisotopic (exact) mass is 248 g/mol. The van der Waals surface area contributed by atoms with Crippen molar-refractivity contribution in [3.63, 3.8) is 0 Å². The molecule has 0 atom stereocenters. The highest BCUT2D eigenvalue weighted by Crippen LogP contribution is 2.34. The summed E-state index contributed by atoms with van der Waals surface area (Å²) in [6.07, 6.45) is 0. The second kappa shape index (κ2) is 4.96. The minimum Gasteiger partial charge on any atom is -0.507 e. The maximum Gasteiger partial charge on any atom is 0.126 e. The van der Waals surface area contributed by atoms with Gasteiger partial charge in [-0.1, -0.05) is 0 Å². The van der Waals surface area contributed by atoms with Crippen LogP contribution < -0.4 is 9.47 Å². The van der Waals surface area contributed by atoms with E-state index in [9.17, 15) is 9.50 Å². The van der Waals surface area contributed by atoms with Crippen molar-refractivity contribution in [2.75, 3.05) is 14.2 Å². The third-order valence-electron chi connectivity index (χ3n) is 2.62. The summed E-state index contributed by atoms with van der Waals surface area (Å²) in [6.45, 7) is 0. The first-order chi connectivity index (χ1) is 8.63. The smallest absolute Gasteiger partial charge is 0.126 e. The van der Waals surface area contributed by atoms with Gasteiger partial charge in [0.1, 0.15) is 23.1 Å². The number of hydrogen-bond acceptors (Lipinski definition) is 3. The second-order valence-corrected chi connectivity index (χ2v) is 3.76. The van der Waals surface area contributed by atoms with E-state index in [1.807, 2.05) is 0 Å². The third-order valence-corrected chi connectivity index (χ3v) is 2.62. The molecule has 0 aliphatic carbocycles. The van der Waals surface area contributed by atoms with Crippen LogP contribution in [0.5, 0.6) is 17.2 Å². The van der Waals surface area contributed by atoms with Crippen molar-refractivity contribution in [1.82, 2.24) is 0 Å². The molecule has 0 saturated carbocycles. The van der Waals surface area contributed by atoms with Gasteiger partial charge < -0.3 is 14.6 Å². The van der Waals surface area contributed by atoms with E-state index in [1.54, 1.807) is 32.4 Å². The van der Waals surface area contributed by atoms with Gasteiger partial charge in [-0.3, -0.25) is 0 Å². The molecule has 0 aliphatic rings. The molecule has 0 radical (unpaired) electrons. The van der Waals surface area contributed by atoms with E-state index in [2.05, 4.69) is 0 Å². The summed E-state index contributed by atoms with van der Waals surface area (Å²) in [5.74, 6) is 0.609. The molecule has 94 valence electrons. The van der Waals surface area contributed by atoms with E-state index in [0.29, 0.717) is 22.6 Å². The van der Waals surface area contributed by atoms with Gasteiger partial charge in [0.15, 0.2) is 0 Å². The zero-order chi connectivity index (χ0) is 13.1. The van der Waals surface area contributed by atoms with Gasteiger partial charge in [0.25, 0.3) is 0 Å². The van der Waals surface area contributed by atoms with Crippen molar-refractivity contribution in [3.8, 4) is 28.4 Å². The van der Waals surface area contributed by atoms with Crippen molar-refractivity contribution in [2.24, 2.45) is 0 Å². The fourth-order valence-electron chi connectivity index (χ4n) is 1.71. The van der Waals surface area contributed by atoms with Crippen LogP contribution in [0.1, 0.15) is 0 Å². The van der Waals surface area contributed by atoms with Crippen molar-refractivity contribution in [3.05, 3.63) is 42.2 Å². The minimum atomic E-state index is -0.480. The van der Waals surface area contributed by atoms with E-state index < -0.39 is 5.82 Å². The fourth-order valence-corrected chi connectivity index (χ4v) is 1.71. The molecule has 4 heteroatoms. The number of rotatable bonds is 3. The maximum absolute atomic E-state index is 12.9. The Kier molecular flexibility index (Phi) is 3.37. The molecule has 2 rings (SSSR count). The molecule has 0 spiro atoms. The number of benzene rings is 2. The summed E-state index contributed by atoms with van der Waals surface area (Å²) >= 11 is 0. The lowest BCUT2D eigenvalue weighted by Crippen LogP contribution is -1.89. The lowest BCUT2D eigenvalue weighted by molar-refractivity contribution is 0.394. The molecular weight excluding hydrogens is 235 g/mol. The van der Waals surface area contributed by atoms with E-state index in [-0.39, 0.29) is 5.75 Å². The molecule has 2 aromatic carbocycles. The summed E-state index contributed by atoms with van der Waals surface area (Å²) in [7, 11) is 3.09. The molecule has 0 fully saturated rings. The van der Waals surface area contributed by atoms with Crippen LogP contribution in [0, 0.1) is 5.82 Å². The van der Waals surface area contributed by atoms with Gasteiger partial charge in [-0.05, 0) is 29.8 Å². The Morgan fingerprint density at radius 3 is 2.06 bits per heavy atom. The first-order valence-electron chi connectivity index (χ1n) is 5.36. The van der Waals surface area contributed by atoms with Crippen molar-refractivity contribution in [1.29, 1.82) is 0 Å². The number of methoxy groups -OCH3 is 2. The average molecular weight is 248 g/mol. The van der Waals surface area contributed by atoms with Crippen LogP contribution in [-0.4, -0.2) is 19.3 Å². The lowest BCUT2D eigenvalue weighted by atomic mass is 10.0. The van der Waals surface area contributed by atoms with Crippen LogP contribution in [0.2, 0.25) is 0 Å². The van der Waals surface area contributed by atoms with Crippen LogP contribution in [0.3, 0.4) is 0 Å². The Labute approximate surface area is 104 Å². The van der Waals surface area contributed by atoms with Gasteiger partial charge in [0.2, 0.25) is 0 Å². The first kappa shape index (κ1) is 12.2. The number of ether oxygens (including phenoxy) is 2. The quantitative estimate of drug-likeness (QED) is 0.906. The molecule has 0 unspecified atom stereocenters. The summed E-state index contributed by atoms with van der Waals surface area (Å²) in [5, 5.41) is 9.75. The molecule has 2 aromatic rings. The van der Waals surface area contributed by atoms with Gasteiger partial charge in [0, 0.05) is 17.7 Å². The third kappa shape index (κ3) is 2.37. The Morgan fingerprint density at radius 1 is 0.944 bits per heavy atom. The van der Waals surface area contributed by atoms with Gasteiger partial charge >= 0.3 is 0 Å². The largest absolute Gasteiger partial charge is 0.507 e. The number of phenols is 1. The van der Waals surface area contributed by atoms with Crippen LogP contribution in [0.15, 0.2) is 36.4 Å².